The number of aromatic nitrogens is 2. The Morgan fingerprint density at radius 2 is 1.93 bits per heavy atom. The first kappa shape index (κ1) is 24.2. The van der Waals surface area contributed by atoms with Gasteiger partial charge in [0.25, 0.3) is 0 Å². The molecule has 0 bridgehead atoms. The number of hydrogen-bond donors (Lipinski definition) is 2. The van der Waals surface area contributed by atoms with Crippen LogP contribution in [0.2, 0.25) is 0 Å². The van der Waals surface area contributed by atoms with Crippen molar-refractivity contribution in [2.24, 2.45) is 10.4 Å². The molecule has 1 aliphatic rings. The van der Waals surface area contributed by atoms with Crippen molar-refractivity contribution in [1.29, 1.82) is 0 Å². The van der Waals surface area contributed by atoms with E-state index in [1.807, 2.05) is 4.68 Å². The number of nitrogens with zero attached hydrogens (tertiary/aromatic N) is 3. The minimum absolute atomic E-state index is 0. The van der Waals surface area contributed by atoms with E-state index in [1.54, 1.807) is 7.11 Å². The van der Waals surface area contributed by atoms with Gasteiger partial charge >= 0.3 is 0 Å². The SMILES string of the molecule is CCNC(=NCc1c(C)nn(CCOC)c1C)NCC1(CC)CCCC1.I. The van der Waals surface area contributed by atoms with Crippen LogP contribution in [-0.4, -0.2) is 42.5 Å². The molecule has 0 unspecified atom stereocenters. The third kappa shape index (κ3) is 6.62. The van der Waals surface area contributed by atoms with Crippen molar-refractivity contribution in [3.63, 3.8) is 0 Å². The zero-order valence-electron chi connectivity index (χ0n) is 17.7. The lowest BCUT2D eigenvalue weighted by Gasteiger charge is -2.28. The monoisotopic (exact) mass is 491 g/mol. The fourth-order valence-corrected chi connectivity index (χ4v) is 3.91. The average Bonchev–Trinajstić information content (AvgIpc) is 3.22. The van der Waals surface area contributed by atoms with Crippen molar-refractivity contribution in [1.82, 2.24) is 20.4 Å². The van der Waals surface area contributed by atoms with Gasteiger partial charge in [-0.05, 0) is 45.4 Å². The zero-order chi connectivity index (χ0) is 19.0. The summed E-state index contributed by atoms with van der Waals surface area (Å²) in [5, 5.41) is 11.6. The first-order valence-corrected chi connectivity index (χ1v) is 10.1. The first-order chi connectivity index (χ1) is 12.5. The van der Waals surface area contributed by atoms with Crippen LogP contribution in [0.4, 0.5) is 0 Å². The zero-order valence-corrected chi connectivity index (χ0v) is 20.1. The molecule has 7 heteroatoms. The van der Waals surface area contributed by atoms with E-state index in [4.69, 9.17) is 9.73 Å². The van der Waals surface area contributed by atoms with Crippen LogP contribution in [0.25, 0.3) is 0 Å². The van der Waals surface area contributed by atoms with Gasteiger partial charge in [-0.2, -0.15) is 5.10 Å². The Balaban J connectivity index is 0.00000364. The van der Waals surface area contributed by atoms with E-state index >= 15 is 0 Å². The fraction of sp³-hybridized carbons (Fsp3) is 0.800. The van der Waals surface area contributed by atoms with E-state index in [0.717, 1.165) is 31.3 Å². The minimum Gasteiger partial charge on any atom is -0.383 e. The molecule has 1 heterocycles. The third-order valence-electron chi connectivity index (χ3n) is 5.82. The Hall–Kier alpha value is -0.830. The lowest BCUT2D eigenvalue weighted by molar-refractivity contribution is 0.182. The number of rotatable bonds is 9. The molecule has 27 heavy (non-hydrogen) atoms. The summed E-state index contributed by atoms with van der Waals surface area (Å²) in [6.07, 6.45) is 6.63. The van der Waals surface area contributed by atoms with E-state index in [-0.39, 0.29) is 24.0 Å². The number of aliphatic imine (C=N–C) groups is 1. The van der Waals surface area contributed by atoms with Crippen LogP contribution in [0, 0.1) is 19.3 Å². The summed E-state index contributed by atoms with van der Waals surface area (Å²) in [5.41, 5.74) is 3.90. The molecule has 0 atom stereocenters. The molecular formula is C20H38IN5O. The van der Waals surface area contributed by atoms with E-state index in [9.17, 15) is 0 Å². The second-order valence-corrected chi connectivity index (χ2v) is 7.47. The molecule has 1 aromatic rings. The highest BCUT2D eigenvalue weighted by Crippen LogP contribution is 2.40. The van der Waals surface area contributed by atoms with Crippen molar-refractivity contribution in [2.75, 3.05) is 26.8 Å². The second kappa shape index (κ2) is 11.9. The Morgan fingerprint density at radius 3 is 2.52 bits per heavy atom. The molecule has 1 fully saturated rings. The van der Waals surface area contributed by atoms with Gasteiger partial charge in [0.1, 0.15) is 0 Å². The number of halogens is 1. The number of methoxy groups -OCH3 is 1. The first-order valence-electron chi connectivity index (χ1n) is 10.1. The quantitative estimate of drug-likeness (QED) is 0.314. The summed E-state index contributed by atoms with van der Waals surface area (Å²) in [4.78, 5) is 4.84. The van der Waals surface area contributed by atoms with Crippen molar-refractivity contribution >= 4 is 29.9 Å². The van der Waals surface area contributed by atoms with Gasteiger partial charge in [-0.25, -0.2) is 4.99 Å². The maximum atomic E-state index is 5.17. The van der Waals surface area contributed by atoms with Crippen LogP contribution in [0.3, 0.4) is 0 Å². The molecule has 0 aliphatic heterocycles. The molecule has 1 aliphatic carbocycles. The predicted molar refractivity (Wildman–Crippen MR) is 123 cm³/mol. The lowest BCUT2D eigenvalue weighted by atomic mass is 9.83. The van der Waals surface area contributed by atoms with Gasteiger partial charge in [0.2, 0.25) is 0 Å². The predicted octanol–water partition coefficient (Wildman–Crippen LogP) is 3.79. The molecular weight excluding hydrogens is 453 g/mol. The number of ether oxygens (including phenoxy) is 1. The molecule has 0 radical (unpaired) electrons. The van der Waals surface area contributed by atoms with E-state index in [2.05, 4.69) is 43.4 Å². The largest absolute Gasteiger partial charge is 0.383 e. The molecule has 2 N–H and O–H groups in total. The molecule has 0 amide bonds. The molecule has 1 saturated carbocycles. The highest BCUT2D eigenvalue weighted by Gasteiger charge is 2.31. The Labute approximate surface area is 181 Å². The smallest absolute Gasteiger partial charge is 0.191 e. The highest BCUT2D eigenvalue weighted by atomic mass is 127. The van der Waals surface area contributed by atoms with E-state index in [1.165, 1.54) is 43.4 Å². The van der Waals surface area contributed by atoms with Crippen molar-refractivity contribution in [2.45, 2.75) is 72.9 Å². The average molecular weight is 491 g/mol. The molecule has 156 valence electrons. The Bertz CT molecular complexity index is 593. The molecule has 2 rings (SSSR count). The maximum absolute atomic E-state index is 5.17. The fourth-order valence-electron chi connectivity index (χ4n) is 3.91. The molecule has 0 aromatic carbocycles. The summed E-state index contributed by atoms with van der Waals surface area (Å²) in [6.45, 7) is 12.6. The van der Waals surface area contributed by atoms with Crippen LogP contribution in [0.15, 0.2) is 4.99 Å². The molecule has 0 spiro atoms. The summed E-state index contributed by atoms with van der Waals surface area (Å²) < 4.78 is 7.19. The van der Waals surface area contributed by atoms with Crippen LogP contribution in [-0.2, 0) is 17.8 Å². The van der Waals surface area contributed by atoms with Crippen molar-refractivity contribution in [3.8, 4) is 0 Å². The summed E-state index contributed by atoms with van der Waals surface area (Å²) >= 11 is 0. The van der Waals surface area contributed by atoms with Gasteiger partial charge in [0, 0.05) is 31.5 Å². The van der Waals surface area contributed by atoms with Crippen molar-refractivity contribution in [3.05, 3.63) is 17.0 Å². The Morgan fingerprint density at radius 1 is 1.22 bits per heavy atom. The second-order valence-electron chi connectivity index (χ2n) is 7.47. The lowest BCUT2D eigenvalue weighted by Crippen LogP contribution is -2.42. The summed E-state index contributed by atoms with van der Waals surface area (Å²) in [6, 6.07) is 0. The molecule has 1 aromatic heterocycles. The topological polar surface area (TPSA) is 63.5 Å². The van der Waals surface area contributed by atoms with Crippen LogP contribution in [0.1, 0.15) is 62.9 Å². The van der Waals surface area contributed by atoms with E-state index < -0.39 is 0 Å². The highest BCUT2D eigenvalue weighted by molar-refractivity contribution is 14.0. The summed E-state index contributed by atoms with van der Waals surface area (Å²) in [5.74, 6) is 0.913. The molecule has 6 nitrogen and oxygen atoms in total. The van der Waals surface area contributed by atoms with Gasteiger partial charge < -0.3 is 15.4 Å². The molecule has 0 saturated heterocycles. The number of nitrogens with one attached hydrogen (secondary N) is 2. The number of aryl methyl sites for hydroxylation is 1. The van der Waals surface area contributed by atoms with Crippen molar-refractivity contribution < 1.29 is 4.74 Å². The van der Waals surface area contributed by atoms with Crippen LogP contribution < -0.4 is 10.6 Å². The number of guanidine groups is 1. The van der Waals surface area contributed by atoms with Gasteiger partial charge in [-0.1, -0.05) is 19.8 Å². The normalized spacial score (nSPS) is 16.3. The van der Waals surface area contributed by atoms with Gasteiger partial charge in [-0.3, -0.25) is 4.68 Å². The minimum atomic E-state index is 0. The summed E-state index contributed by atoms with van der Waals surface area (Å²) in [7, 11) is 1.72. The third-order valence-corrected chi connectivity index (χ3v) is 5.82. The maximum Gasteiger partial charge on any atom is 0.191 e. The Kier molecular flexibility index (Phi) is 10.7. The number of hydrogen-bond acceptors (Lipinski definition) is 3. The van der Waals surface area contributed by atoms with Gasteiger partial charge in [0.05, 0.1) is 25.4 Å². The van der Waals surface area contributed by atoms with Gasteiger partial charge in [0.15, 0.2) is 5.96 Å². The van der Waals surface area contributed by atoms with Crippen LogP contribution in [0.5, 0.6) is 0 Å². The van der Waals surface area contributed by atoms with Gasteiger partial charge in [-0.15, -0.1) is 24.0 Å². The van der Waals surface area contributed by atoms with E-state index in [0.29, 0.717) is 18.6 Å². The standard InChI is InChI=1S/C20H37N5O.HI/c1-6-20(10-8-9-11-20)15-23-19(21-7-2)22-14-18-16(3)24-25(17(18)4)12-13-26-5;/h6-15H2,1-5H3,(H2,21,22,23);1H. The van der Waals surface area contributed by atoms with Crippen LogP contribution >= 0.6 is 24.0 Å².